The highest BCUT2D eigenvalue weighted by atomic mass is 15.6. The SMILES string of the molecule is CC(C)(C)N1[N]C2CCC1C2. The van der Waals surface area contributed by atoms with Crippen LogP contribution in [0.3, 0.4) is 0 Å². The Bertz CT molecular complexity index is 159. The summed E-state index contributed by atoms with van der Waals surface area (Å²) >= 11 is 0. The van der Waals surface area contributed by atoms with Gasteiger partial charge in [-0.1, -0.05) is 0 Å². The second kappa shape index (κ2) is 2.20. The number of hydrogen-bond donors (Lipinski definition) is 0. The minimum absolute atomic E-state index is 0.250. The maximum absolute atomic E-state index is 4.66. The van der Waals surface area contributed by atoms with Gasteiger partial charge in [0, 0.05) is 17.6 Å². The molecule has 2 nitrogen and oxygen atoms in total. The third kappa shape index (κ3) is 1.18. The third-order valence-corrected chi connectivity index (χ3v) is 2.70. The first-order chi connectivity index (χ1) is 5.07. The van der Waals surface area contributed by atoms with Gasteiger partial charge in [-0.3, -0.25) is 0 Å². The van der Waals surface area contributed by atoms with E-state index in [1.807, 2.05) is 0 Å². The molecule has 2 bridgehead atoms. The van der Waals surface area contributed by atoms with Crippen molar-refractivity contribution in [2.45, 2.75) is 57.7 Å². The highest BCUT2D eigenvalue weighted by Gasteiger charge is 2.43. The van der Waals surface area contributed by atoms with E-state index in [0.717, 1.165) is 6.04 Å². The zero-order chi connectivity index (χ0) is 8.06. The number of nitrogens with zero attached hydrogens (tertiary/aromatic N) is 2. The van der Waals surface area contributed by atoms with Crippen molar-refractivity contribution in [3.8, 4) is 0 Å². The van der Waals surface area contributed by atoms with E-state index >= 15 is 0 Å². The molecule has 2 aliphatic rings. The van der Waals surface area contributed by atoms with Gasteiger partial charge in [0.05, 0.1) is 0 Å². The number of hydrogen-bond acceptors (Lipinski definition) is 1. The van der Waals surface area contributed by atoms with E-state index in [1.54, 1.807) is 0 Å². The van der Waals surface area contributed by atoms with Crippen molar-refractivity contribution in [1.29, 1.82) is 0 Å². The molecule has 1 aliphatic heterocycles. The Kier molecular flexibility index (Phi) is 1.52. The van der Waals surface area contributed by atoms with Gasteiger partial charge in [-0.25, -0.2) is 5.01 Å². The number of fused-ring (bicyclic) bond motifs is 2. The van der Waals surface area contributed by atoms with Gasteiger partial charge < -0.3 is 0 Å². The first kappa shape index (κ1) is 7.56. The van der Waals surface area contributed by atoms with Crippen LogP contribution < -0.4 is 5.43 Å². The second-order valence-electron chi connectivity index (χ2n) is 4.75. The van der Waals surface area contributed by atoms with E-state index < -0.39 is 0 Å². The molecule has 1 aliphatic carbocycles. The minimum atomic E-state index is 0.250. The molecule has 1 saturated carbocycles. The summed E-state index contributed by atoms with van der Waals surface area (Å²) in [6, 6.07) is 1.43. The molecule has 2 rings (SSSR count). The van der Waals surface area contributed by atoms with Crippen LogP contribution in [0.1, 0.15) is 40.0 Å². The molecule has 0 amide bonds. The van der Waals surface area contributed by atoms with Gasteiger partial charge in [0.15, 0.2) is 0 Å². The summed E-state index contributed by atoms with van der Waals surface area (Å²) in [7, 11) is 0. The van der Waals surface area contributed by atoms with Crippen molar-refractivity contribution in [2.24, 2.45) is 0 Å². The molecule has 1 radical (unpaired) electrons. The van der Waals surface area contributed by atoms with Crippen LogP contribution in [0.25, 0.3) is 0 Å². The smallest absolute Gasteiger partial charge is 0.0435 e. The lowest BCUT2D eigenvalue weighted by atomic mass is 10.1. The molecule has 63 valence electrons. The lowest BCUT2D eigenvalue weighted by Gasteiger charge is -2.37. The maximum Gasteiger partial charge on any atom is 0.0435 e. The Labute approximate surface area is 68.9 Å². The Morgan fingerprint density at radius 2 is 2.00 bits per heavy atom. The van der Waals surface area contributed by atoms with Crippen LogP contribution in [0.2, 0.25) is 0 Å². The summed E-state index contributed by atoms with van der Waals surface area (Å²) in [4.78, 5) is 0. The predicted octanol–water partition coefficient (Wildman–Crippen LogP) is 1.54. The monoisotopic (exact) mass is 153 g/mol. The van der Waals surface area contributed by atoms with E-state index in [-0.39, 0.29) is 5.54 Å². The zero-order valence-electron chi connectivity index (χ0n) is 7.67. The van der Waals surface area contributed by atoms with E-state index in [2.05, 4.69) is 31.2 Å². The molecule has 0 N–H and O–H groups in total. The molecule has 1 heterocycles. The molecule has 11 heavy (non-hydrogen) atoms. The maximum atomic E-state index is 4.66. The molecule has 2 heteroatoms. The van der Waals surface area contributed by atoms with Crippen LogP contribution in [-0.2, 0) is 0 Å². The van der Waals surface area contributed by atoms with Crippen LogP contribution in [0, 0.1) is 0 Å². The van der Waals surface area contributed by atoms with Crippen molar-refractivity contribution in [3.05, 3.63) is 0 Å². The van der Waals surface area contributed by atoms with Crippen molar-refractivity contribution < 1.29 is 0 Å². The van der Waals surface area contributed by atoms with Crippen molar-refractivity contribution in [3.63, 3.8) is 0 Å². The van der Waals surface area contributed by atoms with Crippen molar-refractivity contribution >= 4 is 0 Å². The Hall–Kier alpha value is -0.0800. The normalized spacial score (nSPS) is 38.5. The molecule has 2 atom stereocenters. The lowest BCUT2D eigenvalue weighted by Crippen LogP contribution is -2.49. The summed E-state index contributed by atoms with van der Waals surface area (Å²) in [5, 5.41) is 2.32. The van der Waals surface area contributed by atoms with E-state index in [4.69, 9.17) is 0 Å². The highest BCUT2D eigenvalue weighted by molar-refractivity contribution is 4.95. The van der Waals surface area contributed by atoms with E-state index in [1.165, 1.54) is 19.3 Å². The summed E-state index contributed by atoms with van der Waals surface area (Å²) in [5.41, 5.74) is 4.91. The fourth-order valence-corrected chi connectivity index (χ4v) is 2.25. The quantitative estimate of drug-likeness (QED) is 0.516. The average molecular weight is 153 g/mol. The standard InChI is InChI=1S/C9H17N2/c1-9(2,3)11-8-5-4-7(6-8)10-11/h7-8H,4-6H2,1-3H3. The second-order valence-corrected chi connectivity index (χ2v) is 4.75. The first-order valence-corrected chi connectivity index (χ1v) is 4.57. The first-order valence-electron chi connectivity index (χ1n) is 4.57. The predicted molar refractivity (Wildman–Crippen MR) is 45.2 cm³/mol. The van der Waals surface area contributed by atoms with Crippen molar-refractivity contribution in [1.82, 2.24) is 10.4 Å². The van der Waals surface area contributed by atoms with Gasteiger partial charge >= 0.3 is 0 Å². The molecular weight excluding hydrogens is 136 g/mol. The molecule has 1 saturated heterocycles. The summed E-state index contributed by atoms with van der Waals surface area (Å²) in [5.74, 6) is 0. The van der Waals surface area contributed by atoms with Crippen LogP contribution in [0.15, 0.2) is 0 Å². The molecule has 0 aromatic heterocycles. The van der Waals surface area contributed by atoms with Crippen molar-refractivity contribution in [2.75, 3.05) is 0 Å². The summed E-state index contributed by atoms with van der Waals surface area (Å²) < 4.78 is 0. The third-order valence-electron chi connectivity index (χ3n) is 2.70. The molecule has 2 unspecified atom stereocenters. The van der Waals surface area contributed by atoms with Gasteiger partial charge in [-0.15, -0.1) is 0 Å². The molecule has 0 aromatic rings. The largest absolute Gasteiger partial charge is 0.218 e. The summed E-state index contributed by atoms with van der Waals surface area (Å²) in [6.45, 7) is 6.74. The lowest BCUT2D eigenvalue weighted by molar-refractivity contribution is 0.0358. The molecule has 2 fully saturated rings. The van der Waals surface area contributed by atoms with Crippen LogP contribution in [0.4, 0.5) is 0 Å². The minimum Gasteiger partial charge on any atom is -0.218 e. The fraction of sp³-hybridized carbons (Fsp3) is 1.00. The topological polar surface area (TPSA) is 17.3 Å². The Morgan fingerprint density at radius 3 is 2.27 bits per heavy atom. The molecular formula is C9H17N2. The molecule has 0 aromatic carbocycles. The van der Waals surface area contributed by atoms with Crippen LogP contribution in [0.5, 0.6) is 0 Å². The summed E-state index contributed by atoms with van der Waals surface area (Å²) in [6.07, 6.45) is 4.01. The highest BCUT2D eigenvalue weighted by Crippen LogP contribution is 2.35. The fourth-order valence-electron chi connectivity index (χ4n) is 2.25. The van der Waals surface area contributed by atoms with E-state index in [9.17, 15) is 0 Å². The van der Waals surface area contributed by atoms with Gasteiger partial charge in [0.2, 0.25) is 0 Å². The van der Waals surface area contributed by atoms with Crippen LogP contribution in [-0.4, -0.2) is 22.6 Å². The molecule has 0 spiro atoms. The Balaban J connectivity index is 2.08. The van der Waals surface area contributed by atoms with Gasteiger partial charge in [0.1, 0.15) is 0 Å². The van der Waals surface area contributed by atoms with Gasteiger partial charge in [-0.2, -0.15) is 5.43 Å². The average Bonchev–Trinajstić information content (AvgIpc) is 2.42. The number of rotatable bonds is 0. The van der Waals surface area contributed by atoms with Crippen LogP contribution >= 0.6 is 0 Å². The zero-order valence-corrected chi connectivity index (χ0v) is 7.67. The van der Waals surface area contributed by atoms with E-state index in [0.29, 0.717) is 6.04 Å². The Morgan fingerprint density at radius 1 is 1.27 bits per heavy atom. The van der Waals surface area contributed by atoms with Gasteiger partial charge in [0.25, 0.3) is 0 Å². The van der Waals surface area contributed by atoms with Gasteiger partial charge in [-0.05, 0) is 40.0 Å².